The van der Waals surface area contributed by atoms with Gasteiger partial charge in [0.15, 0.2) is 0 Å². The van der Waals surface area contributed by atoms with Gasteiger partial charge >= 0.3 is 0 Å². The Morgan fingerprint density at radius 1 is 0.385 bits per heavy atom. The van der Waals surface area contributed by atoms with E-state index in [0.717, 1.165) is 0 Å². The van der Waals surface area contributed by atoms with E-state index in [9.17, 15) is 5.48 Å². The Morgan fingerprint density at radius 3 is 1.38 bits per heavy atom. The van der Waals surface area contributed by atoms with E-state index in [1.54, 1.807) is 24.3 Å². The first-order valence-electron chi connectivity index (χ1n) is 20.9. The van der Waals surface area contributed by atoms with Crippen molar-refractivity contribution < 1.29 is 29.1 Å². The second-order valence-electron chi connectivity index (χ2n) is 8.72. The van der Waals surface area contributed by atoms with Crippen LogP contribution in [0, 0.1) is 0 Å². The van der Waals surface area contributed by atoms with Gasteiger partial charge in [0.05, 0.1) is 24.7 Å². The molecule has 0 spiro atoms. The van der Waals surface area contributed by atoms with Crippen molar-refractivity contribution in [1.29, 1.82) is 0 Å². The molecule has 182 valence electrons. The molecule has 0 aliphatic heterocycles. The number of rotatable bonds is 3. The minimum atomic E-state index is -0.778. The maximum Gasteiger partial charge on any atom is 0.143 e. The van der Waals surface area contributed by atoms with Crippen LogP contribution in [-0.2, 0) is 0 Å². The van der Waals surface area contributed by atoms with Crippen LogP contribution in [0.5, 0.6) is 0 Å². The highest BCUT2D eigenvalue weighted by atomic mass is 16.3. The standard InChI is InChI=1S/C38H24O/c1-3-13-25(14-4-1)27-21-11-22-32-33-23-12-24-34(38(33)39-37(27)32)36-30-19-9-7-17-28(30)35(26-15-5-2-6-16-26)29-18-8-10-20-31(29)36/h1-24H/i1D,2D,3D,4D,5D,6D,7D,8D,9D,10D,13D,14D,15D,16D,17D,18D,19D,20D. The van der Waals surface area contributed by atoms with E-state index < -0.39 is 120 Å². The van der Waals surface area contributed by atoms with Crippen molar-refractivity contribution in [2.75, 3.05) is 0 Å². The highest BCUT2D eigenvalue weighted by Gasteiger charge is 2.20. The fourth-order valence-electron chi connectivity index (χ4n) is 5.12. The van der Waals surface area contributed by atoms with Crippen molar-refractivity contribution >= 4 is 43.5 Å². The van der Waals surface area contributed by atoms with Crippen molar-refractivity contribution in [1.82, 2.24) is 0 Å². The number of para-hydroxylation sites is 2. The maximum absolute atomic E-state index is 9.26. The fraction of sp³-hybridized carbons (Fsp3) is 0. The molecule has 0 bridgehead atoms. The van der Waals surface area contributed by atoms with Crippen LogP contribution >= 0.6 is 0 Å². The van der Waals surface area contributed by atoms with Crippen LogP contribution in [0.25, 0.3) is 76.9 Å². The van der Waals surface area contributed by atoms with Crippen molar-refractivity contribution in [3.05, 3.63) is 145 Å². The average Bonchev–Trinajstić information content (AvgIpc) is 3.59. The Labute approximate surface area is 251 Å². The lowest BCUT2D eigenvalue weighted by Crippen LogP contribution is -1.90. The summed E-state index contributed by atoms with van der Waals surface area (Å²) in [6.45, 7) is 0. The van der Waals surface area contributed by atoms with Gasteiger partial charge in [-0.3, -0.25) is 0 Å². The minimum absolute atomic E-state index is 0.0466. The number of furan rings is 1. The molecule has 39 heavy (non-hydrogen) atoms. The molecule has 0 aliphatic rings. The topological polar surface area (TPSA) is 13.1 Å². The number of benzene rings is 7. The second-order valence-corrected chi connectivity index (χ2v) is 8.72. The Hall–Kier alpha value is -5.14. The molecule has 0 N–H and O–H groups in total. The lowest BCUT2D eigenvalue weighted by atomic mass is 9.85. The van der Waals surface area contributed by atoms with Gasteiger partial charge in [-0.05, 0) is 38.2 Å². The summed E-state index contributed by atoms with van der Waals surface area (Å²) in [7, 11) is 0. The first kappa shape index (κ1) is 10.6. The second kappa shape index (κ2) is 8.72. The van der Waals surface area contributed by atoms with Gasteiger partial charge in [0, 0.05) is 27.5 Å². The quantitative estimate of drug-likeness (QED) is 0.214. The molecule has 0 aliphatic carbocycles. The zero-order valence-corrected chi connectivity index (χ0v) is 19.9. The Balaban J connectivity index is 1.66. The van der Waals surface area contributed by atoms with E-state index in [4.69, 9.17) is 23.6 Å². The van der Waals surface area contributed by atoms with Gasteiger partial charge < -0.3 is 4.42 Å². The van der Waals surface area contributed by atoms with Gasteiger partial charge in [0.25, 0.3) is 0 Å². The molecule has 8 rings (SSSR count). The summed E-state index contributed by atoms with van der Waals surface area (Å²) in [6.07, 6.45) is 0. The highest BCUT2D eigenvalue weighted by molar-refractivity contribution is 6.24. The summed E-state index contributed by atoms with van der Waals surface area (Å²) in [5, 5.41) is -0.517. The lowest BCUT2D eigenvalue weighted by molar-refractivity contribution is 0.671. The first-order chi connectivity index (χ1) is 26.8. The molecule has 0 fully saturated rings. The Kier molecular flexibility index (Phi) is 2.36. The number of fused-ring (bicyclic) bond motifs is 5. The smallest absolute Gasteiger partial charge is 0.143 e. The Bertz CT molecular complexity index is 3030. The molecule has 0 atom stereocenters. The molecule has 1 heteroatoms. The molecule has 1 aromatic heterocycles. The largest absolute Gasteiger partial charge is 0.455 e. The molecule has 0 saturated carbocycles. The summed E-state index contributed by atoms with van der Waals surface area (Å²) in [6, 6.07) is -2.66. The molecule has 0 radical (unpaired) electrons. The molecule has 8 aromatic rings. The maximum atomic E-state index is 9.26. The molecule has 1 nitrogen and oxygen atoms in total. The van der Waals surface area contributed by atoms with Crippen molar-refractivity contribution in [2.45, 2.75) is 0 Å². The predicted molar refractivity (Wildman–Crippen MR) is 165 cm³/mol. The SMILES string of the molecule is [2H]c1c([2H])c([2H])c(-c2cccc3c2oc2c(-c4c5c([2H])c([2H])c([2H])c([2H])c5c(-c5c([2H])c([2H])c([2H])c([2H])c5[2H])c5c([2H])c([2H])c([2H])c([2H])c45)cccc23)c([2H])c1[2H]. The van der Waals surface area contributed by atoms with E-state index in [1.807, 2.05) is 0 Å². The van der Waals surface area contributed by atoms with Crippen LogP contribution in [0.1, 0.15) is 24.7 Å². The van der Waals surface area contributed by atoms with Gasteiger partial charge in [-0.15, -0.1) is 0 Å². The highest BCUT2D eigenvalue weighted by Crippen LogP contribution is 2.47. The van der Waals surface area contributed by atoms with E-state index >= 15 is 0 Å². The lowest BCUT2D eigenvalue weighted by Gasteiger charge is -2.17. The van der Waals surface area contributed by atoms with Gasteiger partial charge in [0.2, 0.25) is 0 Å². The van der Waals surface area contributed by atoms with Crippen LogP contribution in [0.15, 0.2) is 150 Å². The summed E-state index contributed by atoms with van der Waals surface area (Å²) >= 11 is 0. The summed E-state index contributed by atoms with van der Waals surface area (Å²) in [4.78, 5) is 0. The van der Waals surface area contributed by atoms with Gasteiger partial charge in [-0.25, -0.2) is 0 Å². The van der Waals surface area contributed by atoms with Crippen LogP contribution in [0.2, 0.25) is 0 Å². The van der Waals surface area contributed by atoms with E-state index in [0.29, 0.717) is 10.8 Å². The van der Waals surface area contributed by atoms with Crippen molar-refractivity contribution in [3.8, 4) is 33.4 Å². The van der Waals surface area contributed by atoms with E-state index in [-0.39, 0.29) is 55.0 Å². The van der Waals surface area contributed by atoms with Gasteiger partial charge in [-0.1, -0.05) is 145 Å². The van der Waals surface area contributed by atoms with Crippen LogP contribution in [0.4, 0.5) is 0 Å². The van der Waals surface area contributed by atoms with Gasteiger partial charge in [-0.2, -0.15) is 0 Å². The fourth-order valence-corrected chi connectivity index (χ4v) is 5.12. The molecular formula is C38H24O. The third-order valence-corrected chi connectivity index (χ3v) is 6.69. The van der Waals surface area contributed by atoms with E-state index in [1.165, 1.54) is 12.1 Å². The first-order valence-corrected chi connectivity index (χ1v) is 11.9. The average molecular weight is 515 g/mol. The molecule has 1 heterocycles. The monoisotopic (exact) mass is 514 g/mol. The Morgan fingerprint density at radius 2 is 0.821 bits per heavy atom. The normalized spacial score (nSPS) is 18.1. The third kappa shape index (κ3) is 3.34. The predicted octanol–water partition coefficient (Wildman–Crippen LogP) is 10.9. The zero-order valence-electron chi connectivity index (χ0n) is 37.9. The van der Waals surface area contributed by atoms with Gasteiger partial charge in [0.1, 0.15) is 11.2 Å². The zero-order chi connectivity index (χ0) is 41.4. The van der Waals surface area contributed by atoms with Crippen molar-refractivity contribution in [2.24, 2.45) is 0 Å². The molecule has 0 saturated heterocycles. The summed E-state index contributed by atoms with van der Waals surface area (Å²) in [5.41, 5.74) is -0.881. The molecule has 0 amide bonds. The third-order valence-electron chi connectivity index (χ3n) is 6.69. The van der Waals surface area contributed by atoms with Crippen molar-refractivity contribution in [3.63, 3.8) is 0 Å². The molecular weight excluding hydrogens is 472 g/mol. The van der Waals surface area contributed by atoms with Crippen LogP contribution in [-0.4, -0.2) is 0 Å². The minimum Gasteiger partial charge on any atom is -0.455 e. The van der Waals surface area contributed by atoms with Crippen LogP contribution in [0.3, 0.4) is 0 Å². The number of hydrogen-bond acceptors (Lipinski definition) is 1. The van der Waals surface area contributed by atoms with Crippen LogP contribution < -0.4 is 0 Å². The summed E-state index contributed by atoms with van der Waals surface area (Å²) < 4.78 is 163. The molecule has 0 unspecified atom stereocenters. The molecule has 7 aromatic carbocycles. The number of hydrogen-bond donors (Lipinski definition) is 0. The summed E-state index contributed by atoms with van der Waals surface area (Å²) in [5.74, 6) is 0. The van der Waals surface area contributed by atoms with E-state index in [2.05, 4.69) is 0 Å².